The predicted molar refractivity (Wildman–Crippen MR) is 127 cm³/mol. The molecule has 6 nitrogen and oxygen atoms in total. The molecule has 0 fully saturated rings. The summed E-state index contributed by atoms with van der Waals surface area (Å²) >= 11 is 13.3. The van der Waals surface area contributed by atoms with Crippen LogP contribution in [0.5, 0.6) is 0 Å². The van der Waals surface area contributed by atoms with Crippen molar-refractivity contribution in [2.24, 2.45) is 0 Å². The van der Waals surface area contributed by atoms with Gasteiger partial charge in [-0.15, -0.1) is 11.3 Å². The number of rotatable bonds is 5. The number of amides is 1. The highest BCUT2D eigenvalue weighted by molar-refractivity contribution is 7.14. The summed E-state index contributed by atoms with van der Waals surface area (Å²) in [6.07, 6.45) is 1.54. The lowest BCUT2D eigenvalue weighted by atomic mass is 10.0. The number of nitrogens with one attached hydrogen (secondary N) is 1. The lowest BCUT2D eigenvalue weighted by Crippen LogP contribution is -2.11. The quantitative estimate of drug-likeness (QED) is 0.340. The Balaban J connectivity index is 1.47. The molecule has 32 heavy (non-hydrogen) atoms. The fraction of sp³-hybridized carbons (Fsp3) is 0.0435. The molecule has 2 aromatic heterocycles. The third kappa shape index (κ3) is 4.80. The van der Waals surface area contributed by atoms with E-state index in [0.29, 0.717) is 26.4 Å². The predicted octanol–water partition coefficient (Wildman–Crippen LogP) is 6.22. The summed E-state index contributed by atoms with van der Waals surface area (Å²) in [5.41, 5.74) is 3.82. The van der Waals surface area contributed by atoms with E-state index < -0.39 is 5.97 Å². The molecular formula is C23H15Cl2N3O3S. The van der Waals surface area contributed by atoms with E-state index in [1.807, 2.05) is 11.4 Å². The number of ether oxygens (including phenoxy) is 1. The van der Waals surface area contributed by atoms with Crippen LogP contribution in [0.15, 0.2) is 66.2 Å². The number of nitrogens with zero attached hydrogens (tertiary/aromatic N) is 2. The Morgan fingerprint density at radius 1 is 0.938 bits per heavy atom. The molecule has 0 spiro atoms. The van der Waals surface area contributed by atoms with Crippen molar-refractivity contribution in [3.8, 4) is 22.4 Å². The molecule has 0 saturated carbocycles. The summed E-state index contributed by atoms with van der Waals surface area (Å²) in [5, 5.41) is 6.02. The number of carbonyl (C=O) groups is 2. The van der Waals surface area contributed by atoms with Crippen LogP contribution in [0.25, 0.3) is 22.4 Å². The molecule has 0 atom stereocenters. The molecule has 0 aliphatic heterocycles. The Labute approximate surface area is 197 Å². The summed E-state index contributed by atoms with van der Waals surface area (Å²) in [6, 6.07) is 15.7. The van der Waals surface area contributed by atoms with E-state index >= 15 is 0 Å². The number of halogens is 2. The Morgan fingerprint density at radius 2 is 1.69 bits per heavy atom. The zero-order valence-electron chi connectivity index (χ0n) is 16.6. The highest BCUT2D eigenvalue weighted by Gasteiger charge is 2.12. The molecule has 2 heterocycles. The zero-order chi connectivity index (χ0) is 22.7. The van der Waals surface area contributed by atoms with Gasteiger partial charge in [-0.2, -0.15) is 0 Å². The van der Waals surface area contributed by atoms with Gasteiger partial charge in [-0.25, -0.2) is 14.8 Å². The van der Waals surface area contributed by atoms with E-state index in [0.717, 1.165) is 16.7 Å². The molecule has 0 aliphatic rings. The Hall–Kier alpha value is -3.26. The Kier molecular flexibility index (Phi) is 6.50. The van der Waals surface area contributed by atoms with Crippen LogP contribution < -0.4 is 5.32 Å². The van der Waals surface area contributed by atoms with Crippen molar-refractivity contribution in [3.63, 3.8) is 0 Å². The first-order valence-corrected chi connectivity index (χ1v) is 11.0. The number of methoxy groups -OCH3 is 1. The number of hydrogen-bond donors (Lipinski definition) is 1. The molecule has 0 saturated heterocycles. The number of anilines is 1. The topological polar surface area (TPSA) is 81.2 Å². The minimum absolute atomic E-state index is 0.216. The van der Waals surface area contributed by atoms with Gasteiger partial charge in [0.05, 0.1) is 22.8 Å². The Bertz CT molecular complexity index is 1310. The van der Waals surface area contributed by atoms with Gasteiger partial charge < -0.3 is 4.74 Å². The normalized spacial score (nSPS) is 10.6. The number of aromatic nitrogens is 2. The molecule has 0 unspecified atom stereocenters. The third-order valence-electron chi connectivity index (χ3n) is 4.57. The van der Waals surface area contributed by atoms with Gasteiger partial charge in [0.25, 0.3) is 5.91 Å². The molecule has 4 rings (SSSR count). The average Bonchev–Trinajstić information content (AvgIpc) is 3.29. The van der Waals surface area contributed by atoms with Gasteiger partial charge in [0.2, 0.25) is 0 Å². The number of benzene rings is 2. The van der Waals surface area contributed by atoms with Crippen LogP contribution in [-0.2, 0) is 4.74 Å². The van der Waals surface area contributed by atoms with Crippen molar-refractivity contribution in [1.29, 1.82) is 0 Å². The first-order valence-electron chi connectivity index (χ1n) is 9.31. The fourth-order valence-corrected chi connectivity index (χ4v) is 3.94. The number of pyridine rings is 1. The summed E-state index contributed by atoms with van der Waals surface area (Å²) in [6.45, 7) is 0. The lowest BCUT2D eigenvalue weighted by Gasteiger charge is -2.06. The first kappa shape index (κ1) is 22.0. The zero-order valence-corrected chi connectivity index (χ0v) is 19.0. The van der Waals surface area contributed by atoms with Gasteiger partial charge in [0, 0.05) is 22.7 Å². The highest BCUT2D eigenvalue weighted by Crippen LogP contribution is 2.30. The summed E-state index contributed by atoms with van der Waals surface area (Å²) in [4.78, 5) is 32.8. The maximum atomic E-state index is 12.6. The molecule has 1 N–H and O–H groups in total. The van der Waals surface area contributed by atoms with E-state index in [4.69, 9.17) is 27.9 Å². The maximum Gasteiger partial charge on any atom is 0.356 e. The van der Waals surface area contributed by atoms with Crippen molar-refractivity contribution < 1.29 is 14.3 Å². The molecule has 0 aliphatic carbocycles. The van der Waals surface area contributed by atoms with Crippen molar-refractivity contribution >= 4 is 51.5 Å². The number of thiazole rings is 1. The summed E-state index contributed by atoms with van der Waals surface area (Å²) in [7, 11) is 1.31. The lowest BCUT2D eigenvalue weighted by molar-refractivity contribution is 0.0594. The molecule has 160 valence electrons. The van der Waals surface area contributed by atoms with Crippen LogP contribution in [0.1, 0.15) is 20.8 Å². The number of hydrogen-bond acceptors (Lipinski definition) is 6. The van der Waals surface area contributed by atoms with Gasteiger partial charge in [0.1, 0.15) is 5.69 Å². The molecule has 0 radical (unpaired) electrons. The second-order valence-electron chi connectivity index (χ2n) is 6.62. The summed E-state index contributed by atoms with van der Waals surface area (Å²) in [5.74, 6) is -0.789. The second kappa shape index (κ2) is 9.48. The van der Waals surface area contributed by atoms with E-state index in [2.05, 4.69) is 15.3 Å². The molecule has 2 aromatic carbocycles. The van der Waals surface area contributed by atoms with Crippen molar-refractivity contribution in [1.82, 2.24) is 9.97 Å². The van der Waals surface area contributed by atoms with Crippen LogP contribution in [0.4, 0.5) is 5.13 Å². The van der Waals surface area contributed by atoms with Crippen LogP contribution >= 0.6 is 34.5 Å². The van der Waals surface area contributed by atoms with Gasteiger partial charge in [-0.05, 0) is 47.5 Å². The van der Waals surface area contributed by atoms with Crippen LogP contribution in [0.2, 0.25) is 10.0 Å². The van der Waals surface area contributed by atoms with Crippen molar-refractivity contribution in [2.45, 2.75) is 0 Å². The molecular weight excluding hydrogens is 469 g/mol. The van der Waals surface area contributed by atoms with Gasteiger partial charge in [-0.3, -0.25) is 10.1 Å². The van der Waals surface area contributed by atoms with Gasteiger partial charge in [0.15, 0.2) is 5.13 Å². The van der Waals surface area contributed by atoms with Crippen LogP contribution in [0, 0.1) is 0 Å². The smallest absolute Gasteiger partial charge is 0.356 e. The minimum Gasteiger partial charge on any atom is -0.464 e. The van der Waals surface area contributed by atoms with E-state index in [1.54, 1.807) is 48.5 Å². The minimum atomic E-state index is -0.508. The third-order valence-corrected chi connectivity index (χ3v) is 6.07. The number of carbonyl (C=O) groups excluding carboxylic acids is 2. The van der Waals surface area contributed by atoms with E-state index in [9.17, 15) is 9.59 Å². The van der Waals surface area contributed by atoms with E-state index in [-0.39, 0.29) is 11.6 Å². The monoisotopic (exact) mass is 483 g/mol. The maximum absolute atomic E-state index is 12.6. The average molecular weight is 484 g/mol. The fourth-order valence-electron chi connectivity index (χ4n) is 2.93. The molecule has 1 amide bonds. The van der Waals surface area contributed by atoms with Crippen LogP contribution in [0.3, 0.4) is 0 Å². The molecule has 4 aromatic rings. The summed E-state index contributed by atoms with van der Waals surface area (Å²) < 4.78 is 4.70. The van der Waals surface area contributed by atoms with Gasteiger partial charge >= 0.3 is 5.97 Å². The molecule has 9 heteroatoms. The van der Waals surface area contributed by atoms with E-state index in [1.165, 1.54) is 24.6 Å². The molecule has 0 bridgehead atoms. The first-order chi connectivity index (χ1) is 15.4. The highest BCUT2D eigenvalue weighted by atomic mass is 35.5. The number of esters is 1. The van der Waals surface area contributed by atoms with Crippen LogP contribution in [-0.4, -0.2) is 29.0 Å². The van der Waals surface area contributed by atoms with Crippen molar-refractivity contribution in [3.05, 3.63) is 87.5 Å². The second-order valence-corrected chi connectivity index (χ2v) is 8.29. The van der Waals surface area contributed by atoms with Crippen molar-refractivity contribution in [2.75, 3.05) is 12.4 Å². The standard InChI is InChI=1S/C23H15Cl2N3O3S/c1-31-22(30)19-11-15(8-9-26-19)13-2-4-14(5-3-13)21(29)28-23-27-20(12-32-23)16-6-7-17(24)18(25)10-16/h2-12H,1H3,(H,27,28,29). The van der Waals surface area contributed by atoms with Gasteiger partial charge in [-0.1, -0.05) is 41.4 Å². The largest absolute Gasteiger partial charge is 0.464 e. The Morgan fingerprint density at radius 3 is 2.41 bits per heavy atom. The SMILES string of the molecule is COC(=O)c1cc(-c2ccc(C(=O)Nc3nc(-c4ccc(Cl)c(Cl)c4)cs3)cc2)ccn1.